The Labute approximate surface area is 199 Å². The van der Waals surface area contributed by atoms with Crippen LogP contribution in [0.1, 0.15) is 24.0 Å². The van der Waals surface area contributed by atoms with Gasteiger partial charge >= 0.3 is 0 Å². The summed E-state index contributed by atoms with van der Waals surface area (Å²) in [4.78, 5) is 4.68. The summed E-state index contributed by atoms with van der Waals surface area (Å²) in [7, 11) is 4.13. The first-order valence-corrected chi connectivity index (χ1v) is 12.3. The zero-order chi connectivity index (χ0) is 23.0. The second-order valence-corrected chi connectivity index (χ2v) is 9.65. The van der Waals surface area contributed by atoms with E-state index in [1.807, 2.05) is 0 Å². The monoisotopic (exact) mass is 446 g/mol. The number of benzene rings is 3. The van der Waals surface area contributed by atoms with Gasteiger partial charge < -0.3 is 14.4 Å². The smallest absolute Gasteiger partial charge is 0.120 e. The van der Waals surface area contributed by atoms with E-state index in [2.05, 4.69) is 91.5 Å². The Morgan fingerprint density at radius 2 is 1.48 bits per heavy atom. The van der Waals surface area contributed by atoms with Crippen LogP contribution in [0.4, 0.5) is 0 Å². The molecular weight excluding hydrogens is 408 g/mol. The molecule has 1 aliphatic rings. The number of fused-ring (bicyclic) bond motifs is 1. The second-order valence-electron chi connectivity index (χ2n) is 9.65. The number of likely N-dealkylation sites (tertiary alicyclic amines) is 1. The zero-order valence-corrected chi connectivity index (χ0v) is 20.4. The van der Waals surface area contributed by atoms with E-state index in [9.17, 15) is 0 Å². The van der Waals surface area contributed by atoms with Crippen LogP contribution in [-0.2, 0) is 6.42 Å². The normalized spacial score (nSPS) is 15.3. The summed E-state index contributed by atoms with van der Waals surface area (Å²) >= 11 is 0. The first-order chi connectivity index (χ1) is 16.0. The van der Waals surface area contributed by atoms with E-state index >= 15 is 0 Å². The molecule has 0 bridgehead atoms. The predicted molar refractivity (Wildman–Crippen MR) is 138 cm³/mol. The molecule has 4 rings (SSSR count). The molecule has 0 unspecified atom stereocenters. The molecule has 1 heterocycles. The van der Waals surface area contributed by atoms with Gasteiger partial charge in [-0.05, 0) is 99.9 Å². The number of rotatable bonds is 10. The Balaban J connectivity index is 1.21. The minimum Gasteiger partial charge on any atom is -0.492 e. The third kappa shape index (κ3) is 7.21. The molecule has 176 valence electrons. The van der Waals surface area contributed by atoms with Gasteiger partial charge in [-0.15, -0.1) is 0 Å². The highest BCUT2D eigenvalue weighted by atomic mass is 16.5. The lowest BCUT2D eigenvalue weighted by Crippen LogP contribution is -2.37. The van der Waals surface area contributed by atoms with E-state index in [0.29, 0.717) is 6.61 Å². The van der Waals surface area contributed by atoms with Gasteiger partial charge in [0.2, 0.25) is 0 Å². The fourth-order valence-electron chi connectivity index (χ4n) is 4.51. The van der Waals surface area contributed by atoms with Crippen molar-refractivity contribution in [3.05, 3.63) is 71.8 Å². The van der Waals surface area contributed by atoms with Crippen molar-refractivity contribution in [2.75, 3.05) is 53.5 Å². The minimum atomic E-state index is 0.716. The van der Waals surface area contributed by atoms with Crippen LogP contribution in [0.2, 0.25) is 0 Å². The summed E-state index contributed by atoms with van der Waals surface area (Å²) in [6.07, 6.45) is 3.70. The number of likely N-dealkylation sites (N-methyl/N-ethyl adjacent to an activating group) is 1. The summed E-state index contributed by atoms with van der Waals surface area (Å²) in [5.74, 6) is 2.69. The molecular formula is C29H38N2O2. The highest BCUT2D eigenvalue weighted by molar-refractivity contribution is 5.84. The molecule has 0 saturated carbocycles. The predicted octanol–water partition coefficient (Wildman–Crippen LogP) is 5.42. The van der Waals surface area contributed by atoms with Gasteiger partial charge in [0, 0.05) is 13.1 Å². The quantitative estimate of drug-likeness (QED) is 0.415. The number of nitrogens with zero attached hydrogens (tertiary/aromatic N) is 2. The van der Waals surface area contributed by atoms with E-state index in [4.69, 9.17) is 9.47 Å². The van der Waals surface area contributed by atoms with Crippen LogP contribution in [0, 0.1) is 12.8 Å². The molecule has 3 aromatic rings. The Hall–Kier alpha value is -2.56. The van der Waals surface area contributed by atoms with Crippen molar-refractivity contribution in [1.82, 2.24) is 9.80 Å². The lowest BCUT2D eigenvalue weighted by atomic mass is 9.89. The zero-order valence-electron chi connectivity index (χ0n) is 20.4. The molecule has 0 N–H and O–H groups in total. The minimum absolute atomic E-state index is 0.716. The van der Waals surface area contributed by atoms with Crippen LogP contribution in [-0.4, -0.2) is 63.3 Å². The van der Waals surface area contributed by atoms with Crippen LogP contribution >= 0.6 is 0 Å². The molecule has 4 nitrogen and oxygen atoms in total. The van der Waals surface area contributed by atoms with E-state index in [0.717, 1.165) is 37.1 Å². The SMILES string of the molecule is Cc1ccc(OCCN2CCC(Cc3ccc4cc(OCCN(C)C)ccc4c3)CC2)cc1. The Bertz CT molecular complexity index is 1010. The molecule has 33 heavy (non-hydrogen) atoms. The third-order valence-electron chi connectivity index (χ3n) is 6.61. The van der Waals surface area contributed by atoms with Crippen molar-refractivity contribution in [2.24, 2.45) is 5.92 Å². The van der Waals surface area contributed by atoms with Gasteiger partial charge in [-0.2, -0.15) is 0 Å². The van der Waals surface area contributed by atoms with Crippen molar-refractivity contribution >= 4 is 10.8 Å². The van der Waals surface area contributed by atoms with Crippen molar-refractivity contribution in [3.8, 4) is 11.5 Å². The highest BCUT2D eigenvalue weighted by Crippen LogP contribution is 2.26. The molecule has 0 amide bonds. The third-order valence-corrected chi connectivity index (χ3v) is 6.61. The molecule has 1 fully saturated rings. The van der Waals surface area contributed by atoms with Crippen molar-refractivity contribution < 1.29 is 9.47 Å². The number of aryl methyl sites for hydroxylation is 1. The lowest BCUT2D eigenvalue weighted by Gasteiger charge is -2.32. The van der Waals surface area contributed by atoms with Crippen molar-refractivity contribution in [2.45, 2.75) is 26.2 Å². The molecule has 0 radical (unpaired) electrons. The van der Waals surface area contributed by atoms with E-state index in [-0.39, 0.29) is 0 Å². The summed E-state index contributed by atoms with van der Waals surface area (Å²) in [6.45, 7) is 7.86. The van der Waals surface area contributed by atoms with Crippen molar-refractivity contribution in [3.63, 3.8) is 0 Å². The Kier molecular flexibility index (Phi) is 8.25. The summed E-state index contributed by atoms with van der Waals surface area (Å²) in [5.41, 5.74) is 2.72. The van der Waals surface area contributed by atoms with E-state index in [1.54, 1.807) is 0 Å². The molecule has 0 aromatic heterocycles. The van der Waals surface area contributed by atoms with Crippen LogP contribution in [0.15, 0.2) is 60.7 Å². The van der Waals surface area contributed by atoms with Crippen LogP contribution < -0.4 is 9.47 Å². The summed E-state index contributed by atoms with van der Waals surface area (Å²) < 4.78 is 11.8. The Morgan fingerprint density at radius 1 is 0.818 bits per heavy atom. The van der Waals surface area contributed by atoms with Crippen LogP contribution in [0.5, 0.6) is 11.5 Å². The van der Waals surface area contributed by atoms with Gasteiger partial charge in [0.25, 0.3) is 0 Å². The highest BCUT2D eigenvalue weighted by Gasteiger charge is 2.19. The number of ether oxygens (including phenoxy) is 2. The average Bonchev–Trinajstić information content (AvgIpc) is 2.81. The maximum Gasteiger partial charge on any atom is 0.120 e. The van der Waals surface area contributed by atoms with Gasteiger partial charge in [0.15, 0.2) is 0 Å². The van der Waals surface area contributed by atoms with Crippen LogP contribution in [0.25, 0.3) is 10.8 Å². The summed E-state index contributed by atoms with van der Waals surface area (Å²) in [5, 5.41) is 2.56. The molecule has 1 saturated heterocycles. The number of piperidine rings is 1. The topological polar surface area (TPSA) is 24.9 Å². The molecule has 0 spiro atoms. The number of hydrogen-bond acceptors (Lipinski definition) is 4. The van der Waals surface area contributed by atoms with Crippen LogP contribution in [0.3, 0.4) is 0 Å². The van der Waals surface area contributed by atoms with Gasteiger partial charge in [0.1, 0.15) is 24.7 Å². The lowest BCUT2D eigenvalue weighted by molar-refractivity contribution is 0.155. The van der Waals surface area contributed by atoms with Gasteiger partial charge in [-0.1, -0.05) is 42.0 Å². The maximum absolute atomic E-state index is 5.91. The molecule has 1 aliphatic heterocycles. The summed E-state index contributed by atoms with van der Waals surface area (Å²) in [6, 6.07) is 21.7. The van der Waals surface area contributed by atoms with E-state index < -0.39 is 0 Å². The fraction of sp³-hybridized carbons (Fsp3) is 0.448. The van der Waals surface area contributed by atoms with Gasteiger partial charge in [-0.3, -0.25) is 4.90 Å². The first-order valence-electron chi connectivity index (χ1n) is 12.3. The van der Waals surface area contributed by atoms with E-state index in [1.165, 1.54) is 54.3 Å². The standard InChI is InChI=1S/C29H38N2O2/c1-23-4-9-28(10-5-23)32-19-17-31-14-12-24(13-15-31)20-25-6-7-27-22-29(11-8-26(27)21-25)33-18-16-30(2)3/h4-11,21-22,24H,12-20H2,1-3H3. The largest absolute Gasteiger partial charge is 0.492 e. The Morgan fingerprint density at radius 3 is 2.24 bits per heavy atom. The maximum atomic E-state index is 5.91. The number of hydrogen-bond donors (Lipinski definition) is 0. The average molecular weight is 447 g/mol. The van der Waals surface area contributed by atoms with Gasteiger partial charge in [0.05, 0.1) is 0 Å². The fourth-order valence-corrected chi connectivity index (χ4v) is 4.51. The molecule has 0 atom stereocenters. The molecule has 0 aliphatic carbocycles. The first kappa shape index (κ1) is 23.6. The molecule has 4 heteroatoms. The molecule has 3 aromatic carbocycles. The van der Waals surface area contributed by atoms with Crippen molar-refractivity contribution in [1.29, 1.82) is 0 Å². The second kappa shape index (κ2) is 11.5. The van der Waals surface area contributed by atoms with Gasteiger partial charge in [-0.25, -0.2) is 0 Å².